The highest BCUT2D eigenvalue weighted by atomic mass is 35.5. The van der Waals surface area contributed by atoms with Gasteiger partial charge in [0.15, 0.2) is 0 Å². The van der Waals surface area contributed by atoms with Gasteiger partial charge in [-0.15, -0.1) is 0 Å². The molecule has 20 heavy (non-hydrogen) atoms. The molecule has 106 valence electrons. The molecule has 0 radical (unpaired) electrons. The van der Waals surface area contributed by atoms with Gasteiger partial charge in [-0.2, -0.15) is 0 Å². The molecular weight excluding hydrogens is 270 g/mol. The van der Waals surface area contributed by atoms with Crippen molar-refractivity contribution in [3.05, 3.63) is 41.7 Å². The molecule has 1 aromatic heterocycles. The Morgan fingerprint density at radius 3 is 2.70 bits per heavy atom. The van der Waals surface area contributed by atoms with Crippen molar-refractivity contribution in [2.75, 3.05) is 13.1 Å². The SMILES string of the molecule is Clc1cn(CCC2CCNCC2)c(-c2ccccc2)n1. The maximum atomic E-state index is 6.10. The minimum atomic E-state index is 0.578. The molecule has 1 aliphatic rings. The van der Waals surface area contributed by atoms with Crippen molar-refractivity contribution in [3.63, 3.8) is 0 Å². The van der Waals surface area contributed by atoms with Crippen molar-refractivity contribution in [3.8, 4) is 11.4 Å². The third kappa shape index (κ3) is 3.22. The molecule has 0 spiro atoms. The number of nitrogens with zero attached hydrogens (tertiary/aromatic N) is 2. The first-order chi connectivity index (χ1) is 9.83. The zero-order valence-corrected chi connectivity index (χ0v) is 12.3. The molecule has 4 heteroatoms. The first-order valence-electron chi connectivity index (χ1n) is 7.32. The zero-order valence-electron chi connectivity index (χ0n) is 11.6. The van der Waals surface area contributed by atoms with E-state index in [2.05, 4.69) is 27.0 Å². The van der Waals surface area contributed by atoms with Crippen molar-refractivity contribution < 1.29 is 0 Å². The van der Waals surface area contributed by atoms with Gasteiger partial charge in [0.1, 0.15) is 11.0 Å². The Bertz CT molecular complexity index is 544. The Labute approximate surface area is 125 Å². The van der Waals surface area contributed by atoms with Gasteiger partial charge in [0.25, 0.3) is 0 Å². The average Bonchev–Trinajstić information content (AvgIpc) is 2.88. The van der Waals surface area contributed by atoms with E-state index in [9.17, 15) is 0 Å². The average molecular weight is 290 g/mol. The van der Waals surface area contributed by atoms with E-state index in [1.54, 1.807) is 0 Å². The molecule has 0 bridgehead atoms. The van der Waals surface area contributed by atoms with Gasteiger partial charge in [-0.05, 0) is 38.3 Å². The fourth-order valence-corrected chi connectivity index (χ4v) is 3.06. The molecule has 2 heterocycles. The lowest BCUT2D eigenvalue weighted by molar-refractivity contribution is 0.338. The monoisotopic (exact) mass is 289 g/mol. The van der Waals surface area contributed by atoms with Crippen LogP contribution in [0.4, 0.5) is 0 Å². The van der Waals surface area contributed by atoms with Crippen LogP contribution in [0.1, 0.15) is 19.3 Å². The molecule has 1 aromatic carbocycles. The van der Waals surface area contributed by atoms with Crippen LogP contribution in [-0.4, -0.2) is 22.6 Å². The molecule has 0 aliphatic carbocycles. The third-order valence-electron chi connectivity index (χ3n) is 4.02. The van der Waals surface area contributed by atoms with Crippen LogP contribution in [0.25, 0.3) is 11.4 Å². The fourth-order valence-electron chi connectivity index (χ4n) is 2.86. The Kier molecular flexibility index (Phi) is 4.38. The normalized spacial score (nSPS) is 16.4. The zero-order chi connectivity index (χ0) is 13.8. The van der Waals surface area contributed by atoms with Crippen molar-refractivity contribution in [2.45, 2.75) is 25.8 Å². The second kappa shape index (κ2) is 6.42. The van der Waals surface area contributed by atoms with Gasteiger partial charge in [0.2, 0.25) is 0 Å². The molecule has 0 unspecified atom stereocenters. The standard InChI is InChI=1S/C16H20ClN3/c17-15-12-20(11-8-13-6-9-18-10-7-13)16(19-15)14-4-2-1-3-5-14/h1-5,12-13,18H,6-11H2. The molecule has 2 aromatic rings. The number of hydrogen-bond acceptors (Lipinski definition) is 2. The topological polar surface area (TPSA) is 29.9 Å². The molecule has 1 N–H and O–H groups in total. The van der Waals surface area contributed by atoms with Crippen LogP contribution >= 0.6 is 11.6 Å². The highest BCUT2D eigenvalue weighted by molar-refractivity contribution is 6.29. The first kappa shape index (κ1) is 13.7. The van der Waals surface area contributed by atoms with Crippen molar-refractivity contribution in [1.82, 2.24) is 14.9 Å². The molecular formula is C16H20ClN3. The molecule has 3 nitrogen and oxygen atoms in total. The number of rotatable bonds is 4. The van der Waals surface area contributed by atoms with E-state index in [4.69, 9.17) is 11.6 Å². The van der Waals surface area contributed by atoms with E-state index in [0.29, 0.717) is 5.15 Å². The van der Waals surface area contributed by atoms with Crippen molar-refractivity contribution in [2.24, 2.45) is 5.92 Å². The number of piperidine rings is 1. The number of benzene rings is 1. The predicted molar refractivity (Wildman–Crippen MR) is 82.9 cm³/mol. The number of nitrogens with one attached hydrogen (secondary N) is 1. The summed E-state index contributed by atoms with van der Waals surface area (Å²) in [5.41, 5.74) is 1.13. The number of imidazole rings is 1. The Morgan fingerprint density at radius 1 is 1.20 bits per heavy atom. The second-order valence-corrected chi connectivity index (χ2v) is 5.82. The predicted octanol–water partition coefficient (Wildman–Crippen LogP) is 3.59. The number of hydrogen-bond donors (Lipinski definition) is 1. The fraction of sp³-hybridized carbons (Fsp3) is 0.438. The van der Waals surface area contributed by atoms with Crippen molar-refractivity contribution >= 4 is 11.6 Å². The molecule has 1 fully saturated rings. The van der Waals surface area contributed by atoms with E-state index >= 15 is 0 Å². The van der Waals surface area contributed by atoms with Gasteiger partial charge < -0.3 is 9.88 Å². The van der Waals surface area contributed by atoms with Crippen LogP contribution in [0.15, 0.2) is 36.5 Å². The molecule has 3 rings (SSSR count). The smallest absolute Gasteiger partial charge is 0.147 e. The molecule has 0 amide bonds. The molecule has 0 saturated carbocycles. The highest BCUT2D eigenvalue weighted by Gasteiger charge is 2.14. The van der Waals surface area contributed by atoms with Crippen LogP contribution in [0, 0.1) is 5.92 Å². The lowest BCUT2D eigenvalue weighted by Crippen LogP contribution is -2.28. The van der Waals surface area contributed by atoms with E-state index < -0.39 is 0 Å². The Hall–Kier alpha value is -1.32. The van der Waals surface area contributed by atoms with Gasteiger partial charge in [0, 0.05) is 18.3 Å². The van der Waals surface area contributed by atoms with Gasteiger partial charge in [0.05, 0.1) is 0 Å². The van der Waals surface area contributed by atoms with E-state index in [-0.39, 0.29) is 0 Å². The van der Waals surface area contributed by atoms with E-state index in [0.717, 1.165) is 36.9 Å². The number of aryl methyl sites for hydroxylation is 1. The molecule has 1 aliphatic heterocycles. The number of aromatic nitrogens is 2. The maximum absolute atomic E-state index is 6.10. The summed E-state index contributed by atoms with van der Waals surface area (Å²) in [7, 11) is 0. The summed E-state index contributed by atoms with van der Waals surface area (Å²) in [6.45, 7) is 3.30. The Morgan fingerprint density at radius 2 is 1.95 bits per heavy atom. The lowest BCUT2D eigenvalue weighted by Gasteiger charge is -2.22. The van der Waals surface area contributed by atoms with E-state index in [1.165, 1.54) is 19.3 Å². The summed E-state index contributed by atoms with van der Waals surface area (Å²) in [5, 5.41) is 3.99. The molecule has 0 atom stereocenters. The van der Waals surface area contributed by atoms with Gasteiger partial charge in [-0.3, -0.25) is 0 Å². The van der Waals surface area contributed by atoms with Gasteiger partial charge >= 0.3 is 0 Å². The third-order valence-corrected chi connectivity index (χ3v) is 4.20. The summed E-state index contributed by atoms with van der Waals surface area (Å²) in [5.74, 6) is 1.80. The first-order valence-corrected chi connectivity index (χ1v) is 7.69. The maximum Gasteiger partial charge on any atom is 0.147 e. The van der Waals surface area contributed by atoms with Gasteiger partial charge in [-0.1, -0.05) is 41.9 Å². The summed E-state index contributed by atoms with van der Waals surface area (Å²) in [6, 6.07) is 10.3. The highest BCUT2D eigenvalue weighted by Crippen LogP contribution is 2.23. The second-order valence-electron chi connectivity index (χ2n) is 5.43. The van der Waals surface area contributed by atoms with Crippen LogP contribution < -0.4 is 5.32 Å². The van der Waals surface area contributed by atoms with Crippen LogP contribution in [0.5, 0.6) is 0 Å². The van der Waals surface area contributed by atoms with Crippen LogP contribution in [-0.2, 0) is 6.54 Å². The quantitative estimate of drug-likeness (QED) is 0.932. The summed E-state index contributed by atoms with van der Waals surface area (Å²) in [4.78, 5) is 4.46. The summed E-state index contributed by atoms with van der Waals surface area (Å²) in [6.07, 6.45) is 5.71. The van der Waals surface area contributed by atoms with Crippen molar-refractivity contribution in [1.29, 1.82) is 0 Å². The minimum absolute atomic E-state index is 0.578. The lowest BCUT2D eigenvalue weighted by atomic mass is 9.95. The summed E-state index contributed by atoms with van der Waals surface area (Å²) < 4.78 is 2.19. The molecule has 1 saturated heterocycles. The van der Waals surface area contributed by atoms with Crippen LogP contribution in [0.3, 0.4) is 0 Å². The number of halogens is 1. The van der Waals surface area contributed by atoms with Crippen LogP contribution in [0.2, 0.25) is 5.15 Å². The largest absolute Gasteiger partial charge is 0.329 e. The summed E-state index contributed by atoms with van der Waals surface area (Å²) >= 11 is 6.10. The van der Waals surface area contributed by atoms with Gasteiger partial charge in [-0.25, -0.2) is 4.98 Å². The van der Waals surface area contributed by atoms with E-state index in [1.807, 2.05) is 24.4 Å². The Balaban J connectivity index is 1.73. The minimum Gasteiger partial charge on any atom is -0.329 e.